The fourth-order valence-electron chi connectivity index (χ4n) is 3.74. The van der Waals surface area contributed by atoms with Crippen LogP contribution in [0.3, 0.4) is 0 Å². The molecule has 0 aliphatic heterocycles. The molecule has 0 saturated carbocycles. The van der Waals surface area contributed by atoms with Gasteiger partial charge in [-0.1, -0.05) is 47.5 Å². The third kappa shape index (κ3) is 4.95. The summed E-state index contributed by atoms with van der Waals surface area (Å²) in [7, 11) is 0. The van der Waals surface area contributed by atoms with E-state index in [-0.39, 0.29) is 36.5 Å². The zero-order chi connectivity index (χ0) is 25.4. The van der Waals surface area contributed by atoms with Crippen LogP contribution in [-0.2, 0) is 13.1 Å². The number of halogens is 4. The Hall–Kier alpha value is -3.04. The van der Waals surface area contributed by atoms with E-state index >= 15 is 0 Å². The highest BCUT2D eigenvalue weighted by molar-refractivity contribution is 7.22. The molecule has 2 aromatic heterocycles. The predicted octanol–water partition coefficient (Wildman–Crippen LogP) is 7.56. The molecule has 0 unspecified atom stereocenters. The van der Waals surface area contributed by atoms with E-state index in [2.05, 4.69) is 10.6 Å². The second kappa shape index (κ2) is 10.1. The van der Waals surface area contributed by atoms with Gasteiger partial charge in [-0.05, 0) is 47.5 Å². The van der Waals surface area contributed by atoms with Crippen molar-refractivity contribution < 1.29 is 18.4 Å². The molecule has 2 heterocycles. The molecule has 2 N–H and O–H groups in total. The summed E-state index contributed by atoms with van der Waals surface area (Å²) in [5.41, 5.74) is 1.66. The lowest BCUT2D eigenvalue weighted by atomic mass is 10.1. The van der Waals surface area contributed by atoms with Crippen LogP contribution in [0.25, 0.3) is 20.2 Å². The zero-order valence-corrected chi connectivity index (χ0v) is 21.5. The van der Waals surface area contributed by atoms with Crippen LogP contribution in [0.15, 0.2) is 60.7 Å². The average molecular weight is 561 g/mol. The van der Waals surface area contributed by atoms with Gasteiger partial charge in [-0.25, -0.2) is 8.78 Å². The van der Waals surface area contributed by atoms with Crippen LogP contribution < -0.4 is 10.6 Å². The number of rotatable bonds is 6. The summed E-state index contributed by atoms with van der Waals surface area (Å²) in [6.07, 6.45) is 0. The van der Waals surface area contributed by atoms with E-state index in [9.17, 15) is 18.4 Å². The van der Waals surface area contributed by atoms with Crippen molar-refractivity contribution in [2.75, 3.05) is 0 Å². The maximum absolute atomic E-state index is 13.5. The number of carbonyl (C=O) groups is 2. The molecule has 3 aromatic carbocycles. The van der Waals surface area contributed by atoms with E-state index in [4.69, 9.17) is 23.2 Å². The number of benzene rings is 3. The summed E-state index contributed by atoms with van der Waals surface area (Å²) in [5, 5.41) is 7.54. The Morgan fingerprint density at radius 3 is 1.58 bits per heavy atom. The van der Waals surface area contributed by atoms with Gasteiger partial charge in [-0.2, -0.15) is 0 Å². The zero-order valence-electron chi connectivity index (χ0n) is 18.3. The SMILES string of the molecule is O=C(NCc1cccc(CNC(=O)c2sc3cc(F)ccc3c2Cl)c1)c1sc2cc(F)ccc2c1Cl. The first-order valence-corrected chi connectivity index (χ1v) is 13.1. The van der Waals surface area contributed by atoms with E-state index in [0.717, 1.165) is 33.8 Å². The Balaban J connectivity index is 1.23. The van der Waals surface area contributed by atoms with Crippen LogP contribution in [0.1, 0.15) is 30.5 Å². The summed E-state index contributed by atoms with van der Waals surface area (Å²) in [4.78, 5) is 26.1. The molecular formula is C26H16Cl2F2N2O2S2. The molecule has 0 atom stereocenters. The lowest BCUT2D eigenvalue weighted by Gasteiger charge is -2.08. The van der Waals surface area contributed by atoms with Gasteiger partial charge < -0.3 is 10.6 Å². The van der Waals surface area contributed by atoms with Gasteiger partial charge in [0.1, 0.15) is 21.4 Å². The molecular weight excluding hydrogens is 545 g/mol. The maximum Gasteiger partial charge on any atom is 0.263 e. The van der Waals surface area contributed by atoms with Gasteiger partial charge >= 0.3 is 0 Å². The molecule has 2 amide bonds. The number of fused-ring (bicyclic) bond motifs is 2. The number of hydrogen-bond acceptors (Lipinski definition) is 4. The standard InChI is InChI=1S/C26H16Cl2F2N2O2S2/c27-21-17-6-4-15(29)9-19(17)35-23(21)25(33)31-11-13-2-1-3-14(8-13)12-32-26(34)24-22(28)18-7-5-16(30)10-20(18)36-24/h1-10H,11-12H2,(H,31,33)(H,32,34). The van der Waals surface area contributed by atoms with Gasteiger partial charge in [-0.15, -0.1) is 22.7 Å². The second-order valence-corrected chi connectivity index (χ2v) is 10.8. The highest BCUT2D eigenvalue weighted by Gasteiger charge is 2.19. The van der Waals surface area contributed by atoms with Crippen LogP contribution in [0, 0.1) is 11.6 Å². The number of carbonyl (C=O) groups excluding carboxylic acids is 2. The third-order valence-corrected chi connectivity index (χ3v) is 8.80. The van der Waals surface area contributed by atoms with Crippen molar-refractivity contribution >= 4 is 77.9 Å². The van der Waals surface area contributed by atoms with E-state index in [1.807, 2.05) is 24.3 Å². The Bertz CT molecular complexity index is 1530. The molecule has 0 saturated heterocycles. The summed E-state index contributed by atoms with van der Waals surface area (Å²) in [6.45, 7) is 0.487. The Morgan fingerprint density at radius 2 is 1.14 bits per heavy atom. The molecule has 0 bridgehead atoms. The van der Waals surface area contributed by atoms with Crippen molar-refractivity contribution in [1.82, 2.24) is 10.6 Å². The first kappa shape index (κ1) is 24.6. The smallest absolute Gasteiger partial charge is 0.263 e. The van der Waals surface area contributed by atoms with Gasteiger partial charge in [0.15, 0.2) is 0 Å². The Labute approximate surface area is 222 Å². The summed E-state index contributed by atoms with van der Waals surface area (Å²) in [6, 6.07) is 15.8. The molecule has 0 radical (unpaired) electrons. The quantitative estimate of drug-likeness (QED) is 0.225. The molecule has 5 aromatic rings. The Morgan fingerprint density at radius 1 is 0.694 bits per heavy atom. The topological polar surface area (TPSA) is 58.2 Å². The highest BCUT2D eigenvalue weighted by atomic mass is 35.5. The minimum absolute atomic E-state index is 0.243. The minimum Gasteiger partial charge on any atom is -0.347 e. The van der Waals surface area contributed by atoms with E-state index in [1.165, 1.54) is 24.3 Å². The van der Waals surface area contributed by atoms with Crippen LogP contribution in [0.5, 0.6) is 0 Å². The van der Waals surface area contributed by atoms with Crippen molar-refractivity contribution in [2.24, 2.45) is 0 Å². The van der Waals surface area contributed by atoms with Crippen molar-refractivity contribution in [1.29, 1.82) is 0 Å². The third-order valence-electron chi connectivity index (χ3n) is 5.49. The van der Waals surface area contributed by atoms with Crippen molar-refractivity contribution in [3.8, 4) is 0 Å². The van der Waals surface area contributed by atoms with Gasteiger partial charge in [0.2, 0.25) is 0 Å². The first-order valence-electron chi connectivity index (χ1n) is 10.7. The fourth-order valence-corrected chi connectivity index (χ4v) is 6.66. The molecule has 0 spiro atoms. The van der Waals surface area contributed by atoms with Crippen LogP contribution >= 0.6 is 45.9 Å². The van der Waals surface area contributed by atoms with Crippen LogP contribution in [-0.4, -0.2) is 11.8 Å². The lowest BCUT2D eigenvalue weighted by Crippen LogP contribution is -2.23. The van der Waals surface area contributed by atoms with Gasteiger partial charge in [-0.3, -0.25) is 9.59 Å². The number of thiophene rings is 2. The molecule has 0 aliphatic rings. The number of hydrogen-bond donors (Lipinski definition) is 2. The van der Waals surface area contributed by atoms with E-state index in [1.54, 1.807) is 12.1 Å². The number of amides is 2. The largest absolute Gasteiger partial charge is 0.347 e. The second-order valence-electron chi connectivity index (χ2n) is 7.96. The lowest BCUT2D eigenvalue weighted by molar-refractivity contribution is 0.0947. The van der Waals surface area contributed by atoms with E-state index in [0.29, 0.717) is 40.0 Å². The predicted molar refractivity (Wildman–Crippen MR) is 142 cm³/mol. The summed E-state index contributed by atoms with van der Waals surface area (Å²) >= 11 is 14.9. The van der Waals surface area contributed by atoms with Crippen molar-refractivity contribution in [3.63, 3.8) is 0 Å². The molecule has 5 rings (SSSR count). The molecule has 182 valence electrons. The molecule has 0 fully saturated rings. The molecule has 36 heavy (non-hydrogen) atoms. The summed E-state index contributed by atoms with van der Waals surface area (Å²) in [5.74, 6) is -1.48. The monoisotopic (exact) mass is 560 g/mol. The molecule has 0 aliphatic carbocycles. The van der Waals surface area contributed by atoms with Gasteiger partial charge in [0.05, 0.1) is 10.0 Å². The minimum atomic E-state index is -0.389. The average Bonchev–Trinajstić information content (AvgIpc) is 3.37. The highest BCUT2D eigenvalue weighted by Crippen LogP contribution is 2.36. The summed E-state index contributed by atoms with van der Waals surface area (Å²) < 4.78 is 28.2. The van der Waals surface area contributed by atoms with Crippen LogP contribution in [0.4, 0.5) is 8.78 Å². The van der Waals surface area contributed by atoms with Crippen LogP contribution in [0.2, 0.25) is 10.0 Å². The number of nitrogens with one attached hydrogen (secondary N) is 2. The maximum atomic E-state index is 13.5. The van der Waals surface area contributed by atoms with Crippen molar-refractivity contribution in [2.45, 2.75) is 13.1 Å². The fraction of sp³-hybridized carbons (Fsp3) is 0.0769. The Kier molecular flexibility index (Phi) is 6.94. The van der Waals surface area contributed by atoms with Gasteiger partial charge in [0.25, 0.3) is 11.8 Å². The molecule has 4 nitrogen and oxygen atoms in total. The van der Waals surface area contributed by atoms with Gasteiger partial charge in [0, 0.05) is 33.3 Å². The molecule has 10 heteroatoms. The van der Waals surface area contributed by atoms with Crippen molar-refractivity contribution in [3.05, 3.63) is 103 Å². The normalized spacial score (nSPS) is 11.2. The first-order chi connectivity index (χ1) is 17.3. The van der Waals surface area contributed by atoms with E-state index < -0.39 is 0 Å².